The van der Waals surface area contributed by atoms with Crippen molar-refractivity contribution >= 4 is 18.8 Å². The number of phosphoric acid groups is 1. The monoisotopic (exact) mass is 366 g/mol. The fourth-order valence-electron chi connectivity index (χ4n) is 2.22. The van der Waals surface area contributed by atoms with E-state index in [2.05, 4.69) is 4.52 Å². The molecule has 3 aromatic rings. The van der Waals surface area contributed by atoms with Gasteiger partial charge in [-0.2, -0.15) is 0 Å². The van der Waals surface area contributed by atoms with Gasteiger partial charge in [-0.3, -0.25) is 14.6 Å². The SMILES string of the molecule is O=c1c(OP(=O)(O)O)c(-c2ccc(O)c(O)c2)oc2cc(O)ccc12. The first-order chi connectivity index (χ1) is 11.7. The minimum Gasteiger partial charge on any atom is -0.508 e. The number of phenolic OH excluding ortho intramolecular Hbond substituents is 3. The van der Waals surface area contributed by atoms with Crippen LogP contribution in [0.4, 0.5) is 0 Å². The molecule has 0 aliphatic carbocycles. The zero-order valence-corrected chi connectivity index (χ0v) is 13.2. The van der Waals surface area contributed by atoms with E-state index in [9.17, 15) is 24.7 Å². The predicted molar refractivity (Wildman–Crippen MR) is 85.6 cm³/mol. The molecule has 0 saturated heterocycles. The third-order valence-electron chi connectivity index (χ3n) is 3.28. The van der Waals surface area contributed by atoms with Crippen molar-refractivity contribution in [2.24, 2.45) is 0 Å². The van der Waals surface area contributed by atoms with E-state index in [4.69, 9.17) is 14.2 Å². The standard InChI is InChI=1S/C15H11O9P/c16-8-2-3-9-12(6-8)23-14(7-1-4-10(17)11(18)5-7)15(13(9)19)24-25(20,21)22/h1-6,16-18H,(H2,20,21,22). The highest BCUT2D eigenvalue weighted by atomic mass is 31.2. The maximum Gasteiger partial charge on any atom is 0.525 e. The summed E-state index contributed by atoms with van der Waals surface area (Å²) in [5.74, 6) is -2.34. The number of rotatable bonds is 3. The van der Waals surface area contributed by atoms with E-state index in [0.29, 0.717) is 0 Å². The van der Waals surface area contributed by atoms with E-state index in [1.807, 2.05) is 0 Å². The molecule has 25 heavy (non-hydrogen) atoms. The molecule has 10 heteroatoms. The van der Waals surface area contributed by atoms with Crippen molar-refractivity contribution in [1.82, 2.24) is 0 Å². The van der Waals surface area contributed by atoms with Crippen molar-refractivity contribution < 1.29 is 38.6 Å². The summed E-state index contributed by atoms with van der Waals surface area (Å²) >= 11 is 0. The molecule has 3 rings (SSSR count). The second-order valence-corrected chi connectivity index (χ2v) is 6.22. The summed E-state index contributed by atoms with van der Waals surface area (Å²) in [4.78, 5) is 30.7. The molecule has 1 heterocycles. The van der Waals surface area contributed by atoms with Crippen LogP contribution in [0.15, 0.2) is 45.6 Å². The smallest absolute Gasteiger partial charge is 0.508 e. The number of hydrogen-bond acceptors (Lipinski definition) is 7. The molecule has 0 amide bonds. The molecule has 0 saturated carbocycles. The quantitative estimate of drug-likeness (QED) is 0.345. The number of benzene rings is 2. The van der Waals surface area contributed by atoms with Crippen LogP contribution < -0.4 is 9.95 Å². The van der Waals surface area contributed by atoms with Crippen LogP contribution in [0.25, 0.3) is 22.3 Å². The van der Waals surface area contributed by atoms with Gasteiger partial charge in [0, 0.05) is 11.6 Å². The lowest BCUT2D eigenvalue weighted by Gasteiger charge is -2.12. The highest BCUT2D eigenvalue weighted by Gasteiger charge is 2.26. The highest BCUT2D eigenvalue weighted by Crippen LogP contribution is 2.43. The summed E-state index contributed by atoms with van der Waals surface area (Å²) in [5, 5.41) is 28.4. The average molecular weight is 366 g/mol. The molecular weight excluding hydrogens is 355 g/mol. The van der Waals surface area contributed by atoms with Crippen molar-refractivity contribution in [2.45, 2.75) is 0 Å². The van der Waals surface area contributed by atoms with Crippen molar-refractivity contribution in [1.29, 1.82) is 0 Å². The average Bonchev–Trinajstić information content (AvgIpc) is 2.51. The van der Waals surface area contributed by atoms with E-state index in [1.165, 1.54) is 18.2 Å². The Kier molecular flexibility index (Phi) is 3.92. The van der Waals surface area contributed by atoms with Crippen LogP contribution in [-0.4, -0.2) is 25.1 Å². The van der Waals surface area contributed by atoms with Crippen molar-refractivity contribution in [2.75, 3.05) is 0 Å². The third kappa shape index (κ3) is 3.29. The lowest BCUT2D eigenvalue weighted by atomic mass is 10.1. The third-order valence-corrected chi connectivity index (χ3v) is 3.70. The molecule has 2 aromatic carbocycles. The van der Waals surface area contributed by atoms with Gasteiger partial charge in [0.15, 0.2) is 17.3 Å². The lowest BCUT2D eigenvalue weighted by molar-refractivity contribution is 0.280. The number of aromatic hydroxyl groups is 3. The molecule has 0 unspecified atom stereocenters. The molecule has 0 atom stereocenters. The van der Waals surface area contributed by atoms with Gasteiger partial charge in [0.05, 0.1) is 5.39 Å². The summed E-state index contributed by atoms with van der Waals surface area (Å²) in [6, 6.07) is 6.91. The number of phosphoric ester groups is 1. The van der Waals surface area contributed by atoms with Gasteiger partial charge in [-0.05, 0) is 30.3 Å². The van der Waals surface area contributed by atoms with Crippen LogP contribution in [0.3, 0.4) is 0 Å². The molecule has 0 aliphatic rings. The van der Waals surface area contributed by atoms with Crippen molar-refractivity contribution in [3.8, 4) is 34.3 Å². The Hall–Kier alpha value is -3.00. The van der Waals surface area contributed by atoms with E-state index in [0.717, 1.165) is 18.2 Å². The van der Waals surface area contributed by atoms with E-state index >= 15 is 0 Å². The molecule has 130 valence electrons. The summed E-state index contributed by atoms with van der Waals surface area (Å²) in [6.07, 6.45) is 0. The maximum atomic E-state index is 12.5. The van der Waals surface area contributed by atoms with E-state index in [1.54, 1.807) is 0 Å². The molecule has 0 spiro atoms. The van der Waals surface area contributed by atoms with Crippen LogP contribution in [0.2, 0.25) is 0 Å². The largest absolute Gasteiger partial charge is 0.525 e. The zero-order chi connectivity index (χ0) is 18.4. The lowest BCUT2D eigenvalue weighted by Crippen LogP contribution is -2.08. The minimum absolute atomic E-state index is 0.0149. The highest BCUT2D eigenvalue weighted by molar-refractivity contribution is 7.46. The van der Waals surface area contributed by atoms with Gasteiger partial charge in [0.2, 0.25) is 11.2 Å². The second-order valence-electron chi connectivity index (χ2n) is 5.06. The molecule has 0 bridgehead atoms. The number of phenols is 3. The zero-order valence-electron chi connectivity index (χ0n) is 12.3. The maximum absolute atomic E-state index is 12.5. The molecule has 0 aliphatic heterocycles. The van der Waals surface area contributed by atoms with Gasteiger partial charge in [0.1, 0.15) is 11.3 Å². The molecular formula is C15H11O9P. The van der Waals surface area contributed by atoms with E-state index in [-0.39, 0.29) is 28.0 Å². The first kappa shape index (κ1) is 16.8. The Morgan fingerprint density at radius 2 is 1.68 bits per heavy atom. The van der Waals surface area contributed by atoms with Crippen LogP contribution in [0.1, 0.15) is 0 Å². The van der Waals surface area contributed by atoms with Gasteiger partial charge in [-0.25, -0.2) is 4.57 Å². The van der Waals surface area contributed by atoms with Gasteiger partial charge in [-0.15, -0.1) is 0 Å². The summed E-state index contributed by atoms with van der Waals surface area (Å²) < 4.78 is 21.2. The van der Waals surface area contributed by atoms with Crippen LogP contribution in [0, 0.1) is 0 Å². The van der Waals surface area contributed by atoms with Gasteiger partial charge in [0.25, 0.3) is 0 Å². The number of hydrogen-bond donors (Lipinski definition) is 5. The number of fused-ring (bicyclic) bond motifs is 1. The molecule has 9 nitrogen and oxygen atoms in total. The Labute approximate surface area is 139 Å². The summed E-state index contributed by atoms with van der Waals surface area (Å²) in [6.45, 7) is 0. The second kappa shape index (κ2) is 5.82. The summed E-state index contributed by atoms with van der Waals surface area (Å²) in [5.41, 5.74) is -0.932. The predicted octanol–water partition coefficient (Wildman–Crippen LogP) is 2.05. The Morgan fingerprint density at radius 1 is 0.960 bits per heavy atom. The van der Waals surface area contributed by atoms with E-state index < -0.39 is 30.5 Å². The Bertz CT molecular complexity index is 1080. The minimum atomic E-state index is -5.09. The Balaban J connectivity index is 2.37. The molecule has 0 radical (unpaired) electrons. The van der Waals surface area contributed by atoms with Gasteiger partial charge in [-0.1, -0.05) is 0 Å². The first-order valence-electron chi connectivity index (χ1n) is 6.73. The van der Waals surface area contributed by atoms with Crippen LogP contribution in [0.5, 0.6) is 23.0 Å². The van der Waals surface area contributed by atoms with Gasteiger partial charge >= 0.3 is 7.82 Å². The molecule has 1 aromatic heterocycles. The van der Waals surface area contributed by atoms with Crippen LogP contribution >= 0.6 is 7.82 Å². The molecule has 0 fully saturated rings. The fourth-order valence-corrected chi connectivity index (χ4v) is 2.62. The Morgan fingerprint density at radius 3 is 2.32 bits per heavy atom. The van der Waals surface area contributed by atoms with Crippen molar-refractivity contribution in [3.05, 3.63) is 46.6 Å². The topological polar surface area (TPSA) is 158 Å². The molecule has 5 N–H and O–H groups in total. The van der Waals surface area contributed by atoms with Gasteiger partial charge < -0.3 is 24.3 Å². The first-order valence-corrected chi connectivity index (χ1v) is 8.26. The normalized spacial score (nSPS) is 11.6. The summed E-state index contributed by atoms with van der Waals surface area (Å²) in [7, 11) is -5.09. The fraction of sp³-hybridized carbons (Fsp3) is 0. The van der Waals surface area contributed by atoms with Crippen LogP contribution in [-0.2, 0) is 4.57 Å². The van der Waals surface area contributed by atoms with Crippen molar-refractivity contribution in [3.63, 3.8) is 0 Å².